The molecule has 0 aromatic heterocycles. The van der Waals surface area contributed by atoms with Crippen molar-refractivity contribution in [3.63, 3.8) is 0 Å². The highest BCUT2D eigenvalue weighted by Crippen LogP contribution is 2.46. The Labute approximate surface area is 112 Å². The van der Waals surface area contributed by atoms with E-state index in [-0.39, 0.29) is 5.03 Å². The molecule has 0 spiro atoms. The molecule has 19 heavy (non-hydrogen) atoms. The first kappa shape index (κ1) is 13.8. The molecular weight excluding hydrogens is 279 g/mol. The first-order chi connectivity index (χ1) is 8.82. The monoisotopic (exact) mass is 289 g/mol. The van der Waals surface area contributed by atoms with Gasteiger partial charge in [-0.15, -0.1) is 0 Å². The number of benzene rings is 1. The summed E-state index contributed by atoms with van der Waals surface area (Å²) >= 11 is 1.12. The van der Waals surface area contributed by atoms with Gasteiger partial charge in [0.2, 0.25) is 0 Å². The number of ketones is 1. The van der Waals surface area contributed by atoms with Crippen molar-refractivity contribution in [3.05, 3.63) is 29.3 Å². The number of halogens is 3. The van der Waals surface area contributed by atoms with Crippen LogP contribution in [0.4, 0.5) is 18.9 Å². The first-order valence-electron chi connectivity index (χ1n) is 5.25. The Hall–Kier alpha value is -1.63. The number of methoxy groups -OCH3 is 1. The van der Waals surface area contributed by atoms with Crippen LogP contribution in [0.5, 0.6) is 5.75 Å². The fraction of sp³-hybridized carbons (Fsp3) is 0.250. The van der Waals surface area contributed by atoms with Crippen molar-refractivity contribution >= 4 is 23.2 Å². The van der Waals surface area contributed by atoms with E-state index in [2.05, 4.69) is 0 Å². The fourth-order valence-corrected chi connectivity index (χ4v) is 2.66. The molecule has 0 saturated heterocycles. The average molecular weight is 289 g/mol. The number of thioether (sulfide) groups is 1. The zero-order valence-corrected chi connectivity index (χ0v) is 10.9. The number of hydrogen-bond donors (Lipinski definition) is 0. The Morgan fingerprint density at radius 1 is 1.42 bits per heavy atom. The Morgan fingerprint density at radius 3 is 2.68 bits per heavy atom. The summed E-state index contributed by atoms with van der Waals surface area (Å²) in [5, 5.41) is 0.241. The van der Waals surface area contributed by atoms with Crippen LogP contribution in [0.2, 0.25) is 0 Å². The minimum absolute atomic E-state index is 0.241. The topological polar surface area (TPSA) is 29.5 Å². The summed E-state index contributed by atoms with van der Waals surface area (Å²) in [6, 6.07) is 5.17. The van der Waals surface area contributed by atoms with E-state index in [1.54, 1.807) is 25.2 Å². The number of nitrogens with zero attached hydrogens (tertiary/aromatic N) is 1. The molecule has 3 nitrogen and oxygen atoms in total. The smallest absolute Gasteiger partial charge is 0.454 e. The van der Waals surface area contributed by atoms with Crippen LogP contribution < -0.4 is 9.64 Å². The van der Waals surface area contributed by atoms with Gasteiger partial charge in [0, 0.05) is 24.1 Å². The fourth-order valence-electron chi connectivity index (χ4n) is 1.59. The van der Waals surface area contributed by atoms with Gasteiger partial charge in [0.05, 0.1) is 17.8 Å². The number of hydrogen-bond acceptors (Lipinski definition) is 4. The summed E-state index contributed by atoms with van der Waals surface area (Å²) in [5.41, 5.74) is 0.713. The van der Waals surface area contributed by atoms with Crippen LogP contribution in [0.15, 0.2) is 34.2 Å². The van der Waals surface area contributed by atoms with E-state index in [9.17, 15) is 18.0 Å². The van der Waals surface area contributed by atoms with E-state index in [1.807, 2.05) is 0 Å². The summed E-state index contributed by atoms with van der Waals surface area (Å²) in [5.74, 6) is -1.25. The van der Waals surface area contributed by atoms with Gasteiger partial charge in [-0.3, -0.25) is 4.79 Å². The second-order valence-electron chi connectivity index (χ2n) is 3.84. The second kappa shape index (κ2) is 4.80. The summed E-state index contributed by atoms with van der Waals surface area (Å²) < 4.78 is 41.8. The van der Waals surface area contributed by atoms with Gasteiger partial charge in [-0.2, -0.15) is 13.2 Å². The van der Waals surface area contributed by atoms with Crippen LogP contribution >= 0.6 is 11.8 Å². The summed E-state index contributed by atoms with van der Waals surface area (Å²) in [6.07, 6.45) is -4.24. The molecule has 1 aliphatic rings. The van der Waals surface area contributed by atoms with Crippen molar-refractivity contribution in [2.45, 2.75) is 11.1 Å². The maximum atomic E-state index is 12.2. The Morgan fingerprint density at radius 2 is 2.11 bits per heavy atom. The highest BCUT2D eigenvalue weighted by Gasteiger charge is 2.38. The molecule has 0 N–H and O–H groups in total. The van der Waals surface area contributed by atoms with E-state index < -0.39 is 12.0 Å². The predicted octanol–water partition coefficient (Wildman–Crippen LogP) is 3.21. The van der Waals surface area contributed by atoms with Gasteiger partial charge in [0.25, 0.3) is 5.78 Å². The molecule has 0 unspecified atom stereocenters. The van der Waals surface area contributed by atoms with Crippen molar-refractivity contribution in [2.24, 2.45) is 0 Å². The van der Waals surface area contributed by atoms with Gasteiger partial charge in [0.1, 0.15) is 5.75 Å². The lowest BCUT2D eigenvalue weighted by molar-refractivity contribution is -0.165. The molecule has 1 aromatic rings. The molecule has 102 valence electrons. The molecule has 0 amide bonds. The molecule has 0 atom stereocenters. The zero-order valence-electron chi connectivity index (χ0n) is 10.1. The third kappa shape index (κ3) is 2.70. The lowest BCUT2D eigenvalue weighted by Crippen LogP contribution is -2.22. The summed E-state index contributed by atoms with van der Waals surface area (Å²) in [6.45, 7) is 0. The molecule has 1 heterocycles. The minimum Gasteiger partial charge on any atom is -0.497 e. The van der Waals surface area contributed by atoms with E-state index in [4.69, 9.17) is 4.74 Å². The number of carbonyl (C=O) groups excluding carboxylic acids is 1. The second-order valence-corrected chi connectivity index (χ2v) is 4.90. The van der Waals surface area contributed by atoms with Crippen LogP contribution in [0.25, 0.3) is 0 Å². The number of ether oxygens (including phenoxy) is 1. The SMILES string of the molecule is COc1ccc2c(c1)N(C)C(=CC(=O)C(F)(F)F)S2. The van der Waals surface area contributed by atoms with Gasteiger partial charge in [-0.25, -0.2) is 0 Å². The summed E-state index contributed by atoms with van der Waals surface area (Å²) in [7, 11) is 3.11. The maximum absolute atomic E-state index is 12.2. The van der Waals surface area contributed by atoms with Crippen LogP contribution in [-0.2, 0) is 4.79 Å². The van der Waals surface area contributed by atoms with Gasteiger partial charge in [0.15, 0.2) is 0 Å². The van der Waals surface area contributed by atoms with Crippen LogP contribution in [0, 0.1) is 0 Å². The molecule has 2 rings (SSSR count). The summed E-state index contributed by atoms with van der Waals surface area (Å²) in [4.78, 5) is 13.3. The third-order valence-corrected chi connectivity index (χ3v) is 3.77. The number of alkyl halides is 3. The minimum atomic E-state index is -4.85. The molecule has 0 radical (unpaired) electrons. The quantitative estimate of drug-likeness (QED) is 0.782. The van der Waals surface area contributed by atoms with Gasteiger partial charge >= 0.3 is 6.18 Å². The zero-order chi connectivity index (χ0) is 14.2. The average Bonchev–Trinajstić information content (AvgIpc) is 2.65. The molecule has 1 aromatic carbocycles. The van der Waals surface area contributed by atoms with Crippen molar-refractivity contribution in [1.82, 2.24) is 0 Å². The van der Waals surface area contributed by atoms with Crippen molar-refractivity contribution in [2.75, 3.05) is 19.1 Å². The number of anilines is 1. The molecule has 7 heteroatoms. The maximum Gasteiger partial charge on any atom is 0.454 e. The van der Waals surface area contributed by atoms with E-state index in [0.29, 0.717) is 17.5 Å². The van der Waals surface area contributed by atoms with Gasteiger partial charge in [-0.05, 0) is 12.1 Å². The number of allylic oxidation sites excluding steroid dienone is 1. The Kier molecular flexibility index (Phi) is 3.49. The number of fused-ring (bicyclic) bond motifs is 1. The molecule has 1 aliphatic heterocycles. The Balaban J connectivity index is 2.31. The van der Waals surface area contributed by atoms with Crippen LogP contribution in [0.3, 0.4) is 0 Å². The highest BCUT2D eigenvalue weighted by atomic mass is 32.2. The van der Waals surface area contributed by atoms with Crippen molar-refractivity contribution in [1.29, 1.82) is 0 Å². The lowest BCUT2D eigenvalue weighted by Gasteiger charge is -2.14. The van der Waals surface area contributed by atoms with Gasteiger partial charge in [-0.1, -0.05) is 11.8 Å². The standard InChI is InChI=1S/C12H10F3NO2S/c1-16-8-5-7(18-2)3-4-9(8)19-11(16)6-10(17)12(13,14)15/h3-6H,1-2H3. The normalized spacial score (nSPS) is 16.7. The van der Waals surface area contributed by atoms with Crippen molar-refractivity contribution < 1.29 is 22.7 Å². The van der Waals surface area contributed by atoms with Crippen LogP contribution in [-0.4, -0.2) is 26.1 Å². The highest BCUT2D eigenvalue weighted by molar-refractivity contribution is 8.03. The number of rotatable bonds is 2. The molecule has 0 bridgehead atoms. The largest absolute Gasteiger partial charge is 0.497 e. The number of carbonyl (C=O) groups is 1. The van der Waals surface area contributed by atoms with Crippen molar-refractivity contribution in [3.8, 4) is 5.75 Å². The molecular formula is C12H10F3NO2S. The van der Waals surface area contributed by atoms with E-state index in [0.717, 1.165) is 16.7 Å². The van der Waals surface area contributed by atoms with E-state index >= 15 is 0 Å². The third-order valence-electron chi connectivity index (χ3n) is 2.61. The Bertz CT molecular complexity index is 554. The molecule has 0 saturated carbocycles. The van der Waals surface area contributed by atoms with Crippen LogP contribution in [0.1, 0.15) is 0 Å². The van der Waals surface area contributed by atoms with E-state index in [1.165, 1.54) is 12.0 Å². The van der Waals surface area contributed by atoms with Gasteiger partial charge < -0.3 is 9.64 Å². The lowest BCUT2D eigenvalue weighted by atomic mass is 10.3. The molecule has 0 fully saturated rings. The first-order valence-corrected chi connectivity index (χ1v) is 6.07. The predicted molar refractivity (Wildman–Crippen MR) is 66.4 cm³/mol. The molecule has 0 aliphatic carbocycles.